The molecule has 5 fully saturated rings. The number of halogens is 1. The van der Waals surface area contributed by atoms with Crippen LogP contribution < -0.4 is 26.4 Å². The summed E-state index contributed by atoms with van der Waals surface area (Å²) in [5.41, 5.74) is 2.27. The number of allylic oxidation sites excluding steroid dienone is 1. The van der Waals surface area contributed by atoms with Gasteiger partial charge in [-0.3, -0.25) is 4.79 Å². The molecule has 240 valence electrons. The molecule has 6 heteroatoms. The Morgan fingerprint density at radius 1 is 0.907 bits per heavy atom. The molecule has 0 bridgehead atoms. The van der Waals surface area contributed by atoms with Crippen LogP contribution in [0.1, 0.15) is 98.8 Å². The number of hydrogen-bond acceptors (Lipinski definition) is 3. The van der Waals surface area contributed by atoms with Crippen LogP contribution >= 0.6 is 0 Å². The van der Waals surface area contributed by atoms with Crippen molar-refractivity contribution in [2.24, 2.45) is 56.7 Å². The smallest absolute Gasteiger partial charge is 0.309 e. The normalized spacial score (nSPS) is 44.6. The number of carboxylic acids is 1. The highest BCUT2D eigenvalue weighted by Crippen LogP contribution is 2.77. The minimum atomic E-state index is -0.613. The number of rotatable bonds is 5. The van der Waals surface area contributed by atoms with E-state index >= 15 is 0 Å². The number of aromatic nitrogens is 1. The maximum absolute atomic E-state index is 13.2. The van der Waals surface area contributed by atoms with E-state index in [4.69, 9.17) is 0 Å². The molecule has 1 aromatic heterocycles. The van der Waals surface area contributed by atoms with Crippen LogP contribution in [-0.2, 0) is 11.3 Å². The summed E-state index contributed by atoms with van der Waals surface area (Å²) in [6.07, 6.45) is 14.4. The monoisotopic (exact) mass is 656 g/mol. The summed E-state index contributed by atoms with van der Waals surface area (Å²) in [6, 6.07) is 4.29. The summed E-state index contributed by atoms with van der Waals surface area (Å²) in [5, 5.41) is 21.9. The lowest BCUT2D eigenvalue weighted by atomic mass is 9.32. The predicted molar refractivity (Wildman–Crippen MR) is 168 cm³/mol. The van der Waals surface area contributed by atoms with Crippen LogP contribution in [0.3, 0.4) is 0 Å². The molecule has 0 aliphatic heterocycles. The average Bonchev–Trinajstić information content (AvgIpc) is 3.33. The van der Waals surface area contributed by atoms with Gasteiger partial charge in [-0.2, -0.15) is 0 Å². The summed E-state index contributed by atoms with van der Waals surface area (Å²) in [7, 11) is 4.12. The van der Waals surface area contributed by atoms with Gasteiger partial charge in [-0.1, -0.05) is 41.2 Å². The highest BCUT2D eigenvalue weighted by Gasteiger charge is 2.72. The Kier molecular flexibility index (Phi) is 8.32. The first-order valence-electron chi connectivity index (χ1n) is 16.9. The zero-order valence-corrected chi connectivity index (χ0v) is 29.4. The van der Waals surface area contributed by atoms with Crippen LogP contribution in [0.15, 0.2) is 36.7 Å². The van der Waals surface area contributed by atoms with E-state index in [1.807, 2.05) is 0 Å². The molecule has 1 heterocycles. The Morgan fingerprint density at radius 2 is 1.58 bits per heavy atom. The van der Waals surface area contributed by atoms with Crippen LogP contribution in [0.4, 0.5) is 5.69 Å². The number of nitrogens with zero attached hydrogens (tertiary/aromatic N) is 2. The first kappa shape index (κ1) is 33.0. The zero-order chi connectivity index (χ0) is 30.5. The van der Waals surface area contributed by atoms with Crippen LogP contribution in [0, 0.1) is 56.7 Å². The van der Waals surface area contributed by atoms with Crippen molar-refractivity contribution in [3.05, 3.63) is 36.7 Å². The third-order valence-corrected chi connectivity index (χ3v) is 15.1. The topological polar surface area (TPSA) is 64.7 Å². The molecule has 5 nitrogen and oxygen atoms in total. The zero-order valence-electron chi connectivity index (χ0n) is 27.8. The number of carbonyl (C=O) groups is 1. The van der Waals surface area contributed by atoms with Gasteiger partial charge >= 0.3 is 5.97 Å². The van der Waals surface area contributed by atoms with Crippen LogP contribution in [0.5, 0.6) is 0 Å². The van der Waals surface area contributed by atoms with Crippen molar-refractivity contribution in [1.29, 1.82) is 0 Å². The largest absolute Gasteiger partial charge is 1.00 e. The Morgan fingerprint density at radius 3 is 2.21 bits per heavy atom. The quantitative estimate of drug-likeness (QED) is 0.370. The van der Waals surface area contributed by atoms with Gasteiger partial charge in [0, 0.05) is 31.9 Å². The average molecular weight is 658 g/mol. The molecule has 5 saturated carbocycles. The van der Waals surface area contributed by atoms with E-state index in [0.717, 1.165) is 51.5 Å². The van der Waals surface area contributed by atoms with Gasteiger partial charge in [0.25, 0.3) is 0 Å². The van der Waals surface area contributed by atoms with Gasteiger partial charge in [0.1, 0.15) is 0 Å². The number of aliphatic hydroxyl groups is 1. The van der Waals surface area contributed by atoms with E-state index in [1.165, 1.54) is 30.5 Å². The Hall–Kier alpha value is -1.40. The molecule has 0 unspecified atom stereocenters. The lowest BCUT2D eigenvalue weighted by Gasteiger charge is -2.72. The van der Waals surface area contributed by atoms with Gasteiger partial charge in [-0.25, -0.2) is 4.57 Å². The Balaban J connectivity index is 0.00000368. The second kappa shape index (κ2) is 10.9. The summed E-state index contributed by atoms with van der Waals surface area (Å²) < 4.78 is 2.22. The number of hydrogen-bond donors (Lipinski definition) is 2. The molecular weight excluding hydrogens is 600 g/mol. The van der Waals surface area contributed by atoms with Gasteiger partial charge in [0.15, 0.2) is 18.9 Å². The lowest BCUT2D eigenvalue weighted by Crippen LogP contribution is -3.00. The fraction of sp³-hybridized carbons (Fsp3) is 0.784. The SMILES string of the molecule is C=C(C[n+]1ccc(N(C)C)cc1)[C@@H]1CC[C@]2(C(=O)O)CC[C@]3(C)[C@H](CC[C@@H]4[C@@]5(C)CC[C@H](O)C(C)(C)[C@@H]5CC[C@]43C)[C@@H]12.[Br-]. The summed E-state index contributed by atoms with van der Waals surface area (Å²) in [6.45, 7) is 17.8. The Bertz CT molecular complexity index is 1250. The van der Waals surface area contributed by atoms with Gasteiger partial charge < -0.3 is 32.1 Å². The number of anilines is 1. The van der Waals surface area contributed by atoms with Crippen LogP contribution in [0.25, 0.3) is 0 Å². The first-order valence-corrected chi connectivity index (χ1v) is 16.9. The first-order chi connectivity index (χ1) is 19.6. The molecule has 5 aliphatic rings. The second-order valence-corrected chi connectivity index (χ2v) is 17.0. The Labute approximate surface area is 271 Å². The maximum atomic E-state index is 13.2. The van der Waals surface area contributed by atoms with Crippen molar-refractivity contribution in [3.63, 3.8) is 0 Å². The molecule has 0 saturated heterocycles. The van der Waals surface area contributed by atoms with Crippen molar-refractivity contribution in [2.75, 3.05) is 19.0 Å². The van der Waals surface area contributed by atoms with E-state index in [2.05, 4.69) is 89.3 Å². The number of aliphatic carboxylic acids is 1. The van der Waals surface area contributed by atoms with Crippen LogP contribution in [0.2, 0.25) is 0 Å². The van der Waals surface area contributed by atoms with E-state index in [0.29, 0.717) is 17.8 Å². The summed E-state index contributed by atoms with van der Waals surface area (Å²) in [5.74, 6) is 1.44. The number of pyridine rings is 1. The van der Waals surface area contributed by atoms with Crippen molar-refractivity contribution in [2.45, 2.75) is 111 Å². The van der Waals surface area contributed by atoms with Crippen LogP contribution in [-0.4, -0.2) is 36.4 Å². The van der Waals surface area contributed by atoms with Crippen molar-refractivity contribution >= 4 is 11.7 Å². The van der Waals surface area contributed by atoms with Crippen molar-refractivity contribution in [3.8, 4) is 0 Å². The standard InChI is InChI=1S/C37H56N2O3.BrH/c1-24(23-39-21-14-25(15-22-39)38(7)8)26-11-18-37(32(41)42)20-19-35(5)27(31(26)37)9-10-29-34(4)16-13-30(40)33(2,3)28(34)12-17-36(29,35)6;/h14-15,21-22,26-31,40H,1,9-13,16-20,23H2,2-8H3;1H/t26-,27+,28-,29+,30-,31+,34-,35+,36+,37-;/m0./s1. The van der Waals surface area contributed by atoms with E-state index in [9.17, 15) is 15.0 Å². The molecule has 0 aromatic carbocycles. The van der Waals surface area contributed by atoms with Gasteiger partial charge in [-0.15, -0.1) is 0 Å². The number of carboxylic acid groups (broad SMARTS) is 1. The van der Waals surface area contributed by atoms with Gasteiger partial charge in [0.05, 0.1) is 11.5 Å². The minimum Gasteiger partial charge on any atom is -1.00 e. The maximum Gasteiger partial charge on any atom is 0.309 e. The fourth-order valence-electron chi connectivity index (χ4n) is 12.6. The number of fused-ring (bicyclic) bond motifs is 7. The molecule has 5 aliphatic carbocycles. The predicted octanol–water partition coefficient (Wildman–Crippen LogP) is 4.13. The third-order valence-electron chi connectivity index (χ3n) is 15.1. The van der Waals surface area contributed by atoms with Crippen molar-refractivity contribution < 1.29 is 36.6 Å². The third kappa shape index (κ3) is 4.53. The summed E-state index contributed by atoms with van der Waals surface area (Å²) >= 11 is 0. The molecule has 2 N–H and O–H groups in total. The molecule has 43 heavy (non-hydrogen) atoms. The molecule has 10 atom stereocenters. The highest BCUT2D eigenvalue weighted by molar-refractivity contribution is 5.76. The van der Waals surface area contributed by atoms with E-state index in [1.54, 1.807) is 0 Å². The van der Waals surface area contributed by atoms with E-state index in [-0.39, 0.29) is 56.6 Å². The number of aliphatic hydroxyl groups excluding tert-OH is 1. The minimum absolute atomic E-state index is 0. The molecule has 1 aromatic rings. The fourth-order valence-corrected chi connectivity index (χ4v) is 12.6. The lowest BCUT2D eigenvalue weighted by molar-refractivity contribution is -0.689. The summed E-state index contributed by atoms with van der Waals surface area (Å²) in [4.78, 5) is 15.3. The van der Waals surface area contributed by atoms with E-state index < -0.39 is 11.4 Å². The highest BCUT2D eigenvalue weighted by atomic mass is 79.9. The molecule has 6 rings (SSSR count). The van der Waals surface area contributed by atoms with Gasteiger partial charge in [0.2, 0.25) is 0 Å². The molecule has 0 radical (unpaired) electrons. The van der Waals surface area contributed by atoms with Gasteiger partial charge in [-0.05, 0) is 121 Å². The molecular formula is C37H57BrN2O3. The second-order valence-electron chi connectivity index (χ2n) is 17.0. The van der Waals surface area contributed by atoms with Crippen molar-refractivity contribution in [1.82, 2.24) is 0 Å². The molecule has 0 amide bonds. The molecule has 0 spiro atoms.